The number of piperidine rings is 2. The third kappa shape index (κ3) is 4.70. The topological polar surface area (TPSA) is 24.1 Å². The highest BCUT2D eigenvalue weighted by atomic mass is 15.0. The van der Waals surface area contributed by atoms with Crippen LogP contribution in [-0.4, -0.2) is 22.7 Å². The summed E-state index contributed by atoms with van der Waals surface area (Å²) in [6, 6.07) is 15.0. The van der Waals surface area contributed by atoms with Crippen molar-refractivity contribution in [1.29, 1.82) is 0 Å². The SMILES string of the molecule is CC1CC(c2ccc3cc(C4CC(C)(C)NC(C)(C)C4)ccc3c2)CC(C)(C)N1. The molecule has 2 atom stereocenters. The van der Waals surface area contributed by atoms with Gasteiger partial charge in [-0.15, -0.1) is 0 Å². The molecule has 2 saturated heterocycles. The molecule has 0 aromatic heterocycles. The first-order valence-electron chi connectivity index (χ1n) is 11.5. The largest absolute Gasteiger partial charge is 0.309 e. The van der Waals surface area contributed by atoms with Crippen molar-refractivity contribution >= 4 is 10.8 Å². The molecule has 0 bridgehead atoms. The Hall–Kier alpha value is -1.38. The van der Waals surface area contributed by atoms with Gasteiger partial charge in [0, 0.05) is 22.7 Å². The van der Waals surface area contributed by atoms with Crippen molar-refractivity contribution in [2.75, 3.05) is 0 Å². The molecule has 2 aromatic carbocycles. The summed E-state index contributed by atoms with van der Waals surface area (Å²) in [5.74, 6) is 1.27. The van der Waals surface area contributed by atoms with E-state index in [1.165, 1.54) is 47.6 Å². The highest BCUT2D eigenvalue weighted by Gasteiger charge is 2.38. The van der Waals surface area contributed by atoms with E-state index in [0.29, 0.717) is 17.9 Å². The van der Waals surface area contributed by atoms with E-state index in [0.717, 1.165) is 0 Å². The van der Waals surface area contributed by atoms with Crippen molar-refractivity contribution in [2.24, 2.45) is 0 Å². The van der Waals surface area contributed by atoms with Crippen LogP contribution in [0, 0.1) is 0 Å². The number of rotatable bonds is 2. The fourth-order valence-electron chi connectivity index (χ4n) is 6.51. The quantitative estimate of drug-likeness (QED) is 0.609. The normalized spacial score (nSPS) is 29.1. The second kappa shape index (κ2) is 7.10. The Balaban J connectivity index is 1.61. The van der Waals surface area contributed by atoms with Crippen molar-refractivity contribution < 1.29 is 0 Å². The third-order valence-electron chi connectivity index (χ3n) is 7.05. The molecule has 0 saturated carbocycles. The summed E-state index contributed by atoms with van der Waals surface area (Å²) in [4.78, 5) is 0. The average Bonchev–Trinajstić information content (AvgIpc) is 2.56. The first-order chi connectivity index (χ1) is 13.4. The van der Waals surface area contributed by atoms with Gasteiger partial charge in [0.1, 0.15) is 0 Å². The molecular weight excluding hydrogens is 352 g/mol. The van der Waals surface area contributed by atoms with E-state index in [-0.39, 0.29) is 16.6 Å². The number of nitrogens with one attached hydrogen (secondary N) is 2. The summed E-state index contributed by atoms with van der Waals surface area (Å²) in [6.45, 7) is 16.4. The molecule has 4 rings (SSSR count). The maximum Gasteiger partial charge on any atom is 0.0135 e. The van der Waals surface area contributed by atoms with E-state index in [2.05, 4.69) is 95.5 Å². The summed E-state index contributed by atoms with van der Waals surface area (Å²) < 4.78 is 0. The molecule has 2 nitrogen and oxygen atoms in total. The Morgan fingerprint density at radius 1 is 0.690 bits per heavy atom. The summed E-state index contributed by atoms with van der Waals surface area (Å²) in [5, 5.41) is 10.3. The minimum Gasteiger partial charge on any atom is -0.309 e. The van der Waals surface area contributed by atoms with Gasteiger partial charge in [0.15, 0.2) is 0 Å². The van der Waals surface area contributed by atoms with Crippen LogP contribution < -0.4 is 10.6 Å². The van der Waals surface area contributed by atoms with Crippen LogP contribution in [-0.2, 0) is 0 Å². The molecule has 2 aromatic rings. The van der Waals surface area contributed by atoms with Gasteiger partial charge in [-0.3, -0.25) is 0 Å². The van der Waals surface area contributed by atoms with Gasteiger partial charge in [0.05, 0.1) is 0 Å². The average molecular weight is 393 g/mol. The molecule has 2 aliphatic rings. The van der Waals surface area contributed by atoms with Gasteiger partial charge in [-0.25, -0.2) is 0 Å². The molecule has 2 N–H and O–H groups in total. The lowest BCUT2D eigenvalue weighted by molar-refractivity contribution is 0.162. The summed E-state index contributed by atoms with van der Waals surface area (Å²) >= 11 is 0. The van der Waals surface area contributed by atoms with E-state index in [4.69, 9.17) is 0 Å². The lowest BCUT2D eigenvalue weighted by Gasteiger charge is -2.46. The van der Waals surface area contributed by atoms with Crippen LogP contribution in [0.5, 0.6) is 0 Å². The number of benzene rings is 2. The van der Waals surface area contributed by atoms with Crippen LogP contribution in [0.2, 0.25) is 0 Å². The molecular formula is C27H40N2. The number of hydrogen-bond donors (Lipinski definition) is 2. The van der Waals surface area contributed by atoms with Gasteiger partial charge < -0.3 is 10.6 Å². The molecule has 2 fully saturated rings. The van der Waals surface area contributed by atoms with Gasteiger partial charge in [-0.05, 0) is 108 Å². The zero-order chi connectivity index (χ0) is 21.0. The Kier molecular flexibility index (Phi) is 5.11. The Bertz CT molecular complexity index is 877. The van der Waals surface area contributed by atoms with E-state index in [1.807, 2.05) is 0 Å². The highest BCUT2D eigenvalue weighted by Crippen LogP contribution is 2.40. The maximum atomic E-state index is 3.82. The van der Waals surface area contributed by atoms with Crippen molar-refractivity contribution in [1.82, 2.24) is 10.6 Å². The summed E-state index contributed by atoms with van der Waals surface area (Å²) in [7, 11) is 0. The van der Waals surface area contributed by atoms with Gasteiger partial charge in [-0.2, -0.15) is 0 Å². The lowest BCUT2D eigenvalue weighted by atomic mass is 9.73. The molecule has 0 aliphatic carbocycles. The molecule has 158 valence electrons. The van der Waals surface area contributed by atoms with Crippen molar-refractivity contribution in [3.8, 4) is 0 Å². The molecule has 2 unspecified atom stereocenters. The van der Waals surface area contributed by atoms with Crippen molar-refractivity contribution in [3.05, 3.63) is 47.5 Å². The second-order valence-corrected chi connectivity index (χ2v) is 11.9. The molecule has 2 heterocycles. The van der Waals surface area contributed by atoms with Crippen LogP contribution in [0.4, 0.5) is 0 Å². The van der Waals surface area contributed by atoms with E-state index >= 15 is 0 Å². The monoisotopic (exact) mass is 392 g/mol. The Labute approximate surface area is 177 Å². The predicted molar refractivity (Wildman–Crippen MR) is 126 cm³/mol. The number of hydrogen-bond acceptors (Lipinski definition) is 2. The van der Waals surface area contributed by atoms with E-state index < -0.39 is 0 Å². The van der Waals surface area contributed by atoms with E-state index in [9.17, 15) is 0 Å². The lowest BCUT2D eigenvalue weighted by Crippen LogP contribution is -2.57. The van der Waals surface area contributed by atoms with Crippen LogP contribution in [0.1, 0.15) is 97.1 Å². The molecule has 0 spiro atoms. The Morgan fingerprint density at radius 2 is 1.17 bits per heavy atom. The van der Waals surface area contributed by atoms with Gasteiger partial charge >= 0.3 is 0 Å². The highest BCUT2D eigenvalue weighted by molar-refractivity contribution is 5.84. The summed E-state index contributed by atoms with van der Waals surface area (Å²) in [6.07, 6.45) is 4.83. The van der Waals surface area contributed by atoms with Crippen LogP contribution in [0.3, 0.4) is 0 Å². The van der Waals surface area contributed by atoms with Crippen LogP contribution in [0.15, 0.2) is 36.4 Å². The molecule has 29 heavy (non-hydrogen) atoms. The van der Waals surface area contributed by atoms with Gasteiger partial charge in [0.25, 0.3) is 0 Å². The zero-order valence-corrected chi connectivity index (χ0v) is 19.5. The zero-order valence-electron chi connectivity index (χ0n) is 19.5. The maximum absolute atomic E-state index is 3.82. The predicted octanol–water partition coefficient (Wildman–Crippen LogP) is 6.50. The van der Waals surface area contributed by atoms with E-state index in [1.54, 1.807) is 0 Å². The minimum absolute atomic E-state index is 0.184. The third-order valence-corrected chi connectivity index (χ3v) is 7.05. The van der Waals surface area contributed by atoms with Gasteiger partial charge in [-0.1, -0.05) is 36.4 Å². The first-order valence-corrected chi connectivity index (χ1v) is 11.5. The standard InChI is InChI=1S/C27H40N2/c1-18-12-23(15-25(2,3)28-18)21-10-8-20-14-22(11-9-19(20)13-21)24-16-26(4,5)29-27(6,7)17-24/h8-11,13-14,18,23-24,28-29H,12,15-17H2,1-7H3. The Morgan fingerprint density at radius 3 is 1.69 bits per heavy atom. The molecule has 2 heteroatoms. The second-order valence-electron chi connectivity index (χ2n) is 11.9. The summed E-state index contributed by atoms with van der Waals surface area (Å²) in [5.41, 5.74) is 3.60. The fourth-order valence-corrected chi connectivity index (χ4v) is 6.51. The van der Waals surface area contributed by atoms with Crippen molar-refractivity contribution in [3.63, 3.8) is 0 Å². The minimum atomic E-state index is 0.184. The van der Waals surface area contributed by atoms with Crippen molar-refractivity contribution in [2.45, 2.75) is 109 Å². The molecule has 0 amide bonds. The first kappa shape index (κ1) is 20.9. The van der Waals surface area contributed by atoms with Gasteiger partial charge in [0.2, 0.25) is 0 Å². The fraction of sp³-hybridized carbons (Fsp3) is 0.630. The molecule has 2 aliphatic heterocycles. The van der Waals surface area contributed by atoms with Crippen LogP contribution >= 0.6 is 0 Å². The number of fused-ring (bicyclic) bond motifs is 1. The smallest absolute Gasteiger partial charge is 0.0135 e. The molecule has 0 radical (unpaired) electrons. The van der Waals surface area contributed by atoms with Crippen LogP contribution in [0.25, 0.3) is 10.8 Å².